The third-order valence-corrected chi connectivity index (χ3v) is 2.55. The van der Waals surface area contributed by atoms with Gasteiger partial charge in [-0.2, -0.15) is 15.2 Å². The van der Waals surface area contributed by atoms with Crippen LogP contribution in [0.4, 0.5) is 10.3 Å². The van der Waals surface area contributed by atoms with Gasteiger partial charge in [0.25, 0.3) is 5.88 Å². The van der Waals surface area contributed by atoms with Crippen LogP contribution in [0.25, 0.3) is 11.2 Å². The summed E-state index contributed by atoms with van der Waals surface area (Å²) in [6.45, 7) is 0. The highest BCUT2D eigenvalue weighted by Gasteiger charge is 2.12. The van der Waals surface area contributed by atoms with Crippen molar-refractivity contribution in [3.63, 3.8) is 0 Å². The maximum absolute atomic E-state index is 13.5. The lowest BCUT2D eigenvalue weighted by Crippen LogP contribution is -1.98. The molecule has 3 N–H and O–H groups in total. The van der Waals surface area contributed by atoms with Crippen LogP contribution in [0.2, 0.25) is 0 Å². The van der Waals surface area contributed by atoms with Crippen molar-refractivity contribution in [1.82, 2.24) is 19.9 Å². The van der Waals surface area contributed by atoms with Gasteiger partial charge in [0.1, 0.15) is 23.2 Å². The van der Waals surface area contributed by atoms with Gasteiger partial charge in [-0.3, -0.25) is 0 Å². The first kappa shape index (κ1) is 11.9. The normalized spacial score (nSPS) is 10.4. The number of nitrogens with two attached hydrogens (primary N) is 1. The summed E-state index contributed by atoms with van der Waals surface area (Å²) in [7, 11) is 0. The summed E-state index contributed by atoms with van der Waals surface area (Å²) < 4.78 is 19.0. The van der Waals surface area contributed by atoms with Gasteiger partial charge in [-0.15, -0.1) is 0 Å². The number of aromatic nitrogens is 4. The molecule has 0 amide bonds. The lowest BCUT2D eigenvalue weighted by atomic mass is 10.2. The Morgan fingerprint density at radius 3 is 2.95 bits per heavy atom. The van der Waals surface area contributed by atoms with Crippen LogP contribution in [0.1, 0.15) is 5.56 Å². The largest absolute Gasteiger partial charge is 0.437 e. The number of nitrogen functional groups attached to an aromatic ring is 1. The molecular weight excluding hydrogens is 263 g/mol. The zero-order valence-electron chi connectivity index (χ0n) is 9.96. The molecule has 0 aliphatic heterocycles. The molecule has 2 aromatic heterocycles. The van der Waals surface area contributed by atoms with E-state index in [1.54, 1.807) is 6.07 Å². The number of H-pyrrole nitrogens is 1. The number of nitrogens with zero attached hydrogens (tertiary/aromatic N) is 4. The summed E-state index contributed by atoms with van der Waals surface area (Å²) in [6.07, 6.45) is 1.42. The summed E-state index contributed by atoms with van der Waals surface area (Å²) in [6, 6.07) is 5.60. The molecule has 8 heteroatoms. The minimum absolute atomic E-state index is 0.00582. The maximum Gasteiger partial charge on any atom is 0.250 e. The number of hydrogen-bond donors (Lipinski definition) is 2. The molecule has 0 spiro atoms. The first-order valence-electron chi connectivity index (χ1n) is 5.51. The second-order valence-electron chi connectivity index (χ2n) is 3.84. The lowest BCUT2D eigenvalue weighted by molar-refractivity contribution is 0.463. The Kier molecular flexibility index (Phi) is 2.65. The number of imidazole rings is 1. The molecule has 0 bridgehead atoms. The molecule has 3 aromatic rings. The predicted octanol–water partition coefficient (Wildman–Crippen LogP) is 1.74. The summed E-state index contributed by atoms with van der Waals surface area (Å²) in [5.74, 6) is -0.355. The number of hydrogen-bond acceptors (Lipinski definition) is 6. The lowest BCUT2D eigenvalue weighted by Gasteiger charge is -2.06. The van der Waals surface area contributed by atoms with Gasteiger partial charge in [-0.25, -0.2) is 9.37 Å². The zero-order chi connectivity index (χ0) is 14.1. The first-order valence-corrected chi connectivity index (χ1v) is 5.51. The topological polar surface area (TPSA) is 114 Å². The van der Waals surface area contributed by atoms with Crippen molar-refractivity contribution in [2.45, 2.75) is 0 Å². The molecule has 7 nitrogen and oxygen atoms in total. The molecule has 0 unspecified atom stereocenters. The summed E-state index contributed by atoms with van der Waals surface area (Å²) in [5, 5.41) is 8.67. The molecule has 0 aliphatic carbocycles. The molecule has 20 heavy (non-hydrogen) atoms. The Morgan fingerprint density at radius 2 is 2.20 bits per heavy atom. The van der Waals surface area contributed by atoms with E-state index in [1.807, 2.05) is 0 Å². The molecule has 1 aromatic carbocycles. The highest BCUT2D eigenvalue weighted by atomic mass is 19.1. The molecule has 2 heterocycles. The monoisotopic (exact) mass is 270 g/mol. The van der Waals surface area contributed by atoms with Crippen LogP contribution in [0.3, 0.4) is 0 Å². The van der Waals surface area contributed by atoms with Crippen molar-refractivity contribution in [2.24, 2.45) is 0 Å². The average molecular weight is 270 g/mol. The average Bonchev–Trinajstić information content (AvgIpc) is 2.87. The van der Waals surface area contributed by atoms with E-state index in [0.717, 1.165) is 6.07 Å². The van der Waals surface area contributed by atoms with Crippen LogP contribution in [-0.4, -0.2) is 19.9 Å². The number of rotatable bonds is 2. The highest BCUT2D eigenvalue weighted by Crippen LogP contribution is 2.26. The zero-order valence-corrected chi connectivity index (χ0v) is 9.96. The van der Waals surface area contributed by atoms with Crippen LogP contribution in [0.15, 0.2) is 24.5 Å². The number of halogens is 1. The van der Waals surface area contributed by atoms with Crippen LogP contribution < -0.4 is 10.5 Å². The van der Waals surface area contributed by atoms with Crippen molar-refractivity contribution in [3.8, 4) is 17.7 Å². The van der Waals surface area contributed by atoms with E-state index in [4.69, 9.17) is 15.7 Å². The van der Waals surface area contributed by atoms with Crippen molar-refractivity contribution in [1.29, 1.82) is 5.26 Å². The third kappa shape index (κ3) is 1.97. The van der Waals surface area contributed by atoms with Crippen molar-refractivity contribution < 1.29 is 9.13 Å². The summed E-state index contributed by atoms with van der Waals surface area (Å²) in [5.41, 5.74) is 6.27. The molecular formula is C12H7FN6O. The number of nitriles is 1. The number of aromatic amines is 1. The number of nitrogens with one attached hydrogen (secondary N) is 1. The first-order chi connectivity index (χ1) is 9.67. The van der Waals surface area contributed by atoms with E-state index in [2.05, 4.69) is 19.9 Å². The fourth-order valence-corrected chi connectivity index (χ4v) is 1.66. The molecule has 0 fully saturated rings. The van der Waals surface area contributed by atoms with Gasteiger partial charge in [-0.1, -0.05) is 0 Å². The van der Waals surface area contributed by atoms with E-state index in [-0.39, 0.29) is 23.1 Å². The quantitative estimate of drug-likeness (QED) is 0.733. The minimum Gasteiger partial charge on any atom is -0.437 e. The Bertz CT molecular complexity index is 838. The molecule has 0 atom stereocenters. The number of benzene rings is 1. The SMILES string of the molecule is N#Cc1ccc(Oc2nc(N)nc3nc[nH]c23)cc1F. The fourth-order valence-electron chi connectivity index (χ4n) is 1.66. The van der Waals surface area contributed by atoms with Crippen LogP contribution in [0, 0.1) is 17.1 Å². The van der Waals surface area contributed by atoms with E-state index in [9.17, 15) is 4.39 Å². The number of fused-ring (bicyclic) bond motifs is 1. The van der Waals surface area contributed by atoms with Gasteiger partial charge in [0.15, 0.2) is 5.65 Å². The molecule has 3 rings (SSSR count). The van der Waals surface area contributed by atoms with E-state index >= 15 is 0 Å². The Balaban J connectivity index is 2.03. The summed E-state index contributed by atoms with van der Waals surface area (Å²) in [4.78, 5) is 14.6. The Morgan fingerprint density at radius 1 is 1.35 bits per heavy atom. The van der Waals surface area contributed by atoms with Gasteiger partial charge in [0, 0.05) is 6.07 Å². The van der Waals surface area contributed by atoms with Gasteiger partial charge < -0.3 is 15.5 Å². The fraction of sp³-hybridized carbons (Fsp3) is 0. The highest BCUT2D eigenvalue weighted by molar-refractivity contribution is 5.77. The summed E-state index contributed by atoms with van der Waals surface area (Å²) >= 11 is 0. The predicted molar refractivity (Wildman–Crippen MR) is 67.3 cm³/mol. The number of ether oxygens (including phenoxy) is 1. The van der Waals surface area contributed by atoms with Crippen molar-refractivity contribution in [3.05, 3.63) is 35.9 Å². The molecule has 0 saturated carbocycles. The minimum atomic E-state index is -0.673. The van der Waals surface area contributed by atoms with Gasteiger partial charge in [0.05, 0.1) is 11.9 Å². The smallest absolute Gasteiger partial charge is 0.250 e. The van der Waals surface area contributed by atoms with Gasteiger partial charge >= 0.3 is 0 Å². The van der Waals surface area contributed by atoms with Crippen molar-refractivity contribution in [2.75, 3.05) is 5.73 Å². The molecule has 0 radical (unpaired) electrons. The van der Waals surface area contributed by atoms with Gasteiger partial charge in [0.2, 0.25) is 5.95 Å². The maximum atomic E-state index is 13.5. The van der Waals surface area contributed by atoms with E-state index in [0.29, 0.717) is 11.2 Å². The third-order valence-electron chi connectivity index (χ3n) is 2.55. The van der Waals surface area contributed by atoms with Crippen LogP contribution in [-0.2, 0) is 0 Å². The van der Waals surface area contributed by atoms with Crippen LogP contribution >= 0.6 is 0 Å². The van der Waals surface area contributed by atoms with Crippen molar-refractivity contribution >= 4 is 17.1 Å². The standard InChI is InChI=1S/C12H7FN6O/c13-8-3-7(2-1-6(8)4-14)20-11-9-10(17-5-16-9)18-12(15)19-11/h1-3,5H,(H3,15,16,17,18,19). The molecule has 0 saturated heterocycles. The van der Waals surface area contributed by atoms with Gasteiger partial charge in [-0.05, 0) is 12.1 Å². The molecule has 0 aliphatic rings. The van der Waals surface area contributed by atoms with Crippen LogP contribution in [0.5, 0.6) is 11.6 Å². The van der Waals surface area contributed by atoms with E-state index in [1.165, 1.54) is 18.5 Å². The van der Waals surface area contributed by atoms with E-state index < -0.39 is 5.82 Å². The Labute approximate surface area is 111 Å². The second-order valence-corrected chi connectivity index (χ2v) is 3.84. The molecule has 98 valence electrons. The second kappa shape index (κ2) is 4.47. The Hall–Kier alpha value is -3.21. The number of anilines is 1.